The van der Waals surface area contributed by atoms with Crippen LogP contribution in [-0.2, 0) is 4.74 Å². The van der Waals surface area contributed by atoms with Crippen LogP contribution < -0.4 is 0 Å². The van der Waals surface area contributed by atoms with Crippen LogP contribution in [0.25, 0.3) is 16.7 Å². The molecule has 27 heavy (non-hydrogen) atoms. The summed E-state index contributed by atoms with van der Waals surface area (Å²) in [5, 5.41) is 0. The fourth-order valence-corrected chi connectivity index (χ4v) is 5.25. The minimum atomic E-state index is -0.781. The molecule has 3 aliphatic rings. The summed E-state index contributed by atoms with van der Waals surface area (Å²) in [5.41, 5.74) is 4.03. The van der Waals surface area contributed by atoms with Gasteiger partial charge in [0.05, 0.1) is 6.61 Å². The Labute approximate surface area is 159 Å². The quantitative estimate of drug-likeness (QED) is 0.560. The van der Waals surface area contributed by atoms with E-state index in [0.717, 1.165) is 11.8 Å². The molecule has 3 heteroatoms. The number of fused-ring (bicyclic) bond motifs is 1. The number of hydrogen-bond acceptors (Lipinski definition) is 1. The van der Waals surface area contributed by atoms with Gasteiger partial charge < -0.3 is 4.74 Å². The minimum absolute atomic E-state index is 0.281. The zero-order valence-electron chi connectivity index (χ0n) is 15.6. The van der Waals surface area contributed by atoms with Crippen molar-refractivity contribution in [1.82, 2.24) is 0 Å². The highest BCUT2D eigenvalue weighted by Gasteiger charge is 2.39. The van der Waals surface area contributed by atoms with Gasteiger partial charge in [-0.05, 0) is 53.7 Å². The Morgan fingerprint density at radius 1 is 0.963 bits per heavy atom. The summed E-state index contributed by atoms with van der Waals surface area (Å²) >= 11 is 0. The summed E-state index contributed by atoms with van der Waals surface area (Å²) in [6, 6.07) is 11.3. The highest BCUT2D eigenvalue weighted by molar-refractivity contribution is 5.73. The maximum absolute atomic E-state index is 14.6. The van der Waals surface area contributed by atoms with Gasteiger partial charge in [0.25, 0.3) is 0 Å². The molecule has 4 atom stereocenters. The first kappa shape index (κ1) is 17.1. The highest BCUT2D eigenvalue weighted by Crippen LogP contribution is 2.51. The summed E-state index contributed by atoms with van der Waals surface area (Å²) in [6.07, 6.45) is 7.19. The molecule has 2 aromatic carbocycles. The molecule has 2 aliphatic carbocycles. The normalized spacial score (nSPS) is 28.9. The molecule has 0 aromatic heterocycles. The summed E-state index contributed by atoms with van der Waals surface area (Å²) in [5.74, 6) is 0.768. The third-order valence-corrected chi connectivity index (χ3v) is 6.83. The first-order chi connectivity index (χ1) is 13.2. The van der Waals surface area contributed by atoms with E-state index in [-0.39, 0.29) is 6.10 Å². The summed E-state index contributed by atoms with van der Waals surface area (Å²) in [7, 11) is 0. The molecule has 0 amide bonds. The Morgan fingerprint density at radius 2 is 1.70 bits per heavy atom. The first-order valence-corrected chi connectivity index (χ1v) is 10.1. The van der Waals surface area contributed by atoms with Crippen LogP contribution in [-0.4, -0.2) is 6.61 Å². The number of ether oxygens (including phenoxy) is 1. The second kappa shape index (κ2) is 6.56. The Morgan fingerprint density at radius 3 is 2.41 bits per heavy atom. The van der Waals surface area contributed by atoms with Crippen LogP contribution >= 0.6 is 0 Å². The van der Waals surface area contributed by atoms with Crippen LogP contribution in [0, 0.1) is 29.4 Å². The van der Waals surface area contributed by atoms with Crippen molar-refractivity contribution < 1.29 is 13.5 Å². The van der Waals surface area contributed by atoms with Crippen LogP contribution in [0.3, 0.4) is 0 Å². The lowest BCUT2D eigenvalue weighted by atomic mass is 9.86. The zero-order valence-corrected chi connectivity index (χ0v) is 15.6. The van der Waals surface area contributed by atoms with Gasteiger partial charge in [-0.25, -0.2) is 8.78 Å². The minimum Gasteiger partial charge on any atom is -0.368 e. The van der Waals surface area contributed by atoms with Gasteiger partial charge in [0, 0.05) is 11.1 Å². The lowest BCUT2D eigenvalue weighted by Crippen LogP contribution is -2.10. The molecule has 0 radical (unpaired) electrons. The van der Waals surface area contributed by atoms with Gasteiger partial charge in [0.2, 0.25) is 0 Å². The van der Waals surface area contributed by atoms with Crippen LogP contribution in [0.15, 0.2) is 42.5 Å². The van der Waals surface area contributed by atoms with E-state index in [9.17, 15) is 8.78 Å². The maximum Gasteiger partial charge on any atom is 0.167 e. The van der Waals surface area contributed by atoms with Crippen molar-refractivity contribution in [2.45, 2.75) is 38.7 Å². The average Bonchev–Trinajstić information content (AvgIpc) is 3.31. The molecule has 1 nitrogen and oxygen atoms in total. The summed E-state index contributed by atoms with van der Waals surface area (Å²) < 4.78 is 34.0. The Balaban J connectivity index is 1.41. The van der Waals surface area contributed by atoms with E-state index in [1.807, 2.05) is 12.1 Å². The summed E-state index contributed by atoms with van der Waals surface area (Å²) in [4.78, 5) is 0. The molecule has 1 heterocycles. The van der Waals surface area contributed by atoms with E-state index < -0.39 is 11.6 Å². The molecular formula is C24H24F2O. The van der Waals surface area contributed by atoms with E-state index in [1.165, 1.54) is 36.8 Å². The van der Waals surface area contributed by atoms with Crippen molar-refractivity contribution in [3.8, 4) is 11.1 Å². The second-order valence-corrected chi connectivity index (χ2v) is 8.14. The predicted molar refractivity (Wildman–Crippen MR) is 103 cm³/mol. The van der Waals surface area contributed by atoms with Crippen LogP contribution in [0.5, 0.6) is 0 Å². The van der Waals surface area contributed by atoms with Gasteiger partial charge >= 0.3 is 0 Å². The molecule has 1 saturated carbocycles. The van der Waals surface area contributed by atoms with Gasteiger partial charge in [-0.3, -0.25) is 0 Å². The standard InChI is InChI=1S/C24H24F2O/c1-2-14-7-8-20-17(14)9-10-18(20)15-3-5-16(6-4-15)19-11-12-21(22-13-27-22)24(26)23(19)25/h3-6,10-12,14,17,20,22H,2,7-9,13H2,1H3. The molecule has 5 rings (SSSR count). The van der Waals surface area contributed by atoms with E-state index in [4.69, 9.17) is 4.74 Å². The molecule has 0 spiro atoms. The van der Waals surface area contributed by atoms with Crippen LogP contribution in [0.1, 0.15) is 49.8 Å². The molecule has 0 bridgehead atoms. The first-order valence-electron chi connectivity index (χ1n) is 10.1. The zero-order chi connectivity index (χ0) is 18.5. The number of epoxide rings is 1. The van der Waals surface area contributed by atoms with Crippen molar-refractivity contribution >= 4 is 5.57 Å². The molecule has 1 aliphatic heterocycles. The predicted octanol–water partition coefficient (Wildman–Crippen LogP) is 6.54. The molecule has 0 N–H and O–H groups in total. The van der Waals surface area contributed by atoms with Crippen molar-refractivity contribution in [2.75, 3.05) is 6.61 Å². The third kappa shape index (κ3) is 2.84. The van der Waals surface area contributed by atoms with Crippen molar-refractivity contribution in [2.24, 2.45) is 17.8 Å². The van der Waals surface area contributed by atoms with Gasteiger partial charge in [-0.15, -0.1) is 0 Å². The monoisotopic (exact) mass is 366 g/mol. The molecular weight excluding hydrogens is 342 g/mol. The Kier molecular flexibility index (Phi) is 4.16. The lowest BCUT2D eigenvalue weighted by molar-refractivity contribution is 0.361. The molecule has 4 unspecified atom stereocenters. The van der Waals surface area contributed by atoms with Gasteiger partial charge in [-0.1, -0.05) is 55.8 Å². The van der Waals surface area contributed by atoms with E-state index in [0.29, 0.717) is 29.2 Å². The van der Waals surface area contributed by atoms with Gasteiger partial charge in [0.1, 0.15) is 6.10 Å². The number of hydrogen-bond donors (Lipinski definition) is 0. The van der Waals surface area contributed by atoms with Gasteiger partial charge in [0.15, 0.2) is 11.6 Å². The fourth-order valence-electron chi connectivity index (χ4n) is 5.25. The van der Waals surface area contributed by atoms with Gasteiger partial charge in [-0.2, -0.15) is 0 Å². The van der Waals surface area contributed by atoms with E-state index in [1.54, 1.807) is 12.1 Å². The van der Waals surface area contributed by atoms with Crippen molar-refractivity contribution in [3.05, 3.63) is 65.2 Å². The van der Waals surface area contributed by atoms with Crippen LogP contribution in [0.4, 0.5) is 8.78 Å². The fraction of sp³-hybridized carbons (Fsp3) is 0.417. The molecule has 2 fully saturated rings. The van der Waals surface area contributed by atoms with Crippen molar-refractivity contribution in [3.63, 3.8) is 0 Å². The number of halogens is 2. The maximum atomic E-state index is 14.6. The summed E-state index contributed by atoms with van der Waals surface area (Å²) in [6.45, 7) is 2.77. The number of rotatable bonds is 4. The Hall–Kier alpha value is -2.00. The second-order valence-electron chi connectivity index (χ2n) is 8.14. The van der Waals surface area contributed by atoms with Crippen LogP contribution in [0.2, 0.25) is 0 Å². The molecule has 2 aromatic rings. The van der Waals surface area contributed by atoms with E-state index >= 15 is 0 Å². The number of allylic oxidation sites excluding steroid dienone is 2. The SMILES string of the molecule is CCC1CCC2C(c3ccc(-c4ccc(C5CO5)c(F)c4F)cc3)=CCC12. The highest BCUT2D eigenvalue weighted by atomic mass is 19.2. The number of benzene rings is 2. The van der Waals surface area contributed by atoms with Crippen molar-refractivity contribution in [1.29, 1.82) is 0 Å². The smallest absolute Gasteiger partial charge is 0.167 e. The molecule has 140 valence electrons. The largest absolute Gasteiger partial charge is 0.368 e. The average molecular weight is 366 g/mol. The van der Waals surface area contributed by atoms with E-state index in [2.05, 4.69) is 25.1 Å². The lowest BCUT2D eigenvalue weighted by Gasteiger charge is -2.19. The Bertz CT molecular complexity index is 895. The topological polar surface area (TPSA) is 12.5 Å². The molecule has 1 saturated heterocycles. The third-order valence-electron chi connectivity index (χ3n) is 6.83.